The second-order valence-corrected chi connectivity index (χ2v) is 10.8. The van der Waals surface area contributed by atoms with E-state index >= 15 is 0 Å². The summed E-state index contributed by atoms with van der Waals surface area (Å²) < 4.78 is 32.2. The Morgan fingerprint density at radius 3 is 2.66 bits per heavy atom. The molecule has 29 heavy (non-hydrogen) atoms. The molecular weight excluding hydrogens is 414 g/mol. The van der Waals surface area contributed by atoms with Crippen LogP contribution in [0.15, 0.2) is 17.5 Å². The first-order valence-corrected chi connectivity index (χ1v) is 12.5. The van der Waals surface area contributed by atoms with Crippen molar-refractivity contribution < 1.29 is 22.7 Å². The SMILES string of the molecule is CC1CN(S(=O)(=O)CCNC(=O)C2CCCN2C(=O)Cc2cccs2)CC(C)O1. The van der Waals surface area contributed by atoms with Gasteiger partial charge in [-0.05, 0) is 38.1 Å². The first-order chi connectivity index (χ1) is 13.8. The molecule has 1 aromatic rings. The molecule has 8 nitrogen and oxygen atoms in total. The van der Waals surface area contributed by atoms with Gasteiger partial charge in [-0.2, -0.15) is 4.31 Å². The van der Waals surface area contributed by atoms with Crippen LogP contribution in [-0.4, -0.2) is 79.6 Å². The van der Waals surface area contributed by atoms with Gasteiger partial charge >= 0.3 is 0 Å². The molecule has 0 spiro atoms. The molecule has 2 amide bonds. The van der Waals surface area contributed by atoms with Crippen molar-refractivity contribution in [3.63, 3.8) is 0 Å². The highest BCUT2D eigenvalue weighted by Gasteiger charge is 2.35. The highest BCUT2D eigenvalue weighted by molar-refractivity contribution is 7.89. The van der Waals surface area contributed by atoms with Gasteiger partial charge in [-0.25, -0.2) is 8.42 Å². The van der Waals surface area contributed by atoms with Crippen molar-refractivity contribution in [3.05, 3.63) is 22.4 Å². The normalized spacial score (nSPS) is 25.9. The largest absolute Gasteiger partial charge is 0.373 e. The monoisotopic (exact) mass is 443 g/mol. The van der Waals surface area contributed by atoms with Gasteiger partial charge in [0.2, 0.25) is 21.8 Å². The molecule has 3 heterocycles. The summed E-state index contributed by atoms with van der Waals surface area (Å²) in [6.07, 6.45) is 1.38. The number of morpholine rings is 1. The molecule has 2 aliphatic heterocycles. The Balaban J connectivity index is 1.50. The summed E-state index contributed by atoms with van der Waals surface area (Å²) in [5.74, 6) is -0.497. The van der Waals surface area contributed by atoms with E-state index in [1.807, 2.05) is 31.4 Å². The lowest BCUT2D eigenvalue weighted by atomic mass is 10.2. The van der Waals surface area contributed by atoms with Crippen LogP contribution in [0.2, 0.25) is 0 Å². The lowest BCUT2D eigenvalue weighted by Crippen LogP contribution is -2.51. The molecule has 0 aromatic carbocycles. The number of likely N-dealkylation sites (tertiary alicyclic amines) is 1. The van der Waals surface area contributed by atoms with E-state index in [2.05, 4.69) is 5.32 Å². The van der Waals surface area contributed by atoms with Crippen molar-refractivity contribution in [1.82, 2.24) is 14.5 Å². The van der Waals surface area contributed by atoms with E-state index in [1.54, 1.807) is 4.90 Å². The molecule has 10 heteroatoms. The zero-order chi connectivity index (χ0) is 21.0. The van der Waals surface area contributed by atoms with Crippen LogP contribution >= 0.6 is 11.3 Å². The third-order valence-corrected chi connectivity index (χ3v) is 7.90. The van der Waals surface area contributed by atoms with E-state index in [1.165, 1.54) is 15.6 Å². The van der Waals surface area contributed by atoms with Crippen molar-refractivity contribution in [1.29, 1.82) is 0 Å². The summed E-state index contributed by atoms with van der Waals surface area (Å²) in [5, 5.41) is 4.64. The number of rotatable bonds is 7. The van der Waals surface area contributed by atoms with Gasteiger partial charge in [0.25, 0.3) is 0 Å². The summed E-state index contributed by atoms with van der Waals surface area (Å²) in [4.78, 5) is 27.8. The van der Waals surface area contributed by atoms with Gasteiger partial charge in [0.1, 0.15) is 6.04 Å². The minimum Gasteiger partial charge on any atom is -0.373 e. The number of nitrogens with one attached hydrogen (secondary N) is 1. The molecule has 1 aromatic heterocycles. The Bertz CT molecular complexity index is 802. The maximum atomic E-state index is 12.6. The Morgan fingerprint density at radius 1 is 1.28 bits per heavy atom. The van der Waals surface area contributed by atoms with Crippen LogP contribution in [0.3, 0.4) is 0 Å². The molecule has 2 saturated heterocycles. The fraction of sp³-hybridized carbons (Fsp3) is 0.684. The predicted molar refractivity (Wildman–Crippen MR) is 111 cm³/mol. The van der Waals surface area contributed by atoms with Crippen molar-refractivity contribution in [2.24, 2.45) is 0 Å². The highest BCUT2D eigenvalue weighted by Crippen LogP contribution is 2.20. The average Bonchev–Trinajstić information content (AvgIpc) is 3.32. The summed E-state index contributed by atoms with van der Waals surface area (Å²) in [6, 6.07) is 3.29. The summed E-state index contributed by atoms with van der Waals surface area (Å²) in [5.41, 5.74) is 0. The molecule has 3 rings (SSSR count). The van der Waals surface area contributed by atoms with E-state index in [0.717, 1.165) is 11.3 Å². The van der Waals surface area contributed by atoms with Crippen LogP contribution in [-0.2, 0) is 30.8 Å². The lowest BCUT2D eigenvalue weighted by Gasteiger charge is -2.34. The number of hydrogen-bond donors (Lipinski definition) is 1. The Hall–Kier alpha value is -1.49. The van der Waals surface area contributed by atoms with Gasteiger partial charge in [-0.1, -0.05) is 6.07 Å². The molecule has 162 valence electrons. The molecule has 3 unspecified atom stereocenters. The third-order valence-electron chi connectivity index (χ3n) is 5.22. The Morgan fingerprint density at radius 2 is 2.00 bits per heavy atom. The number of thiophene rings is 1. The fourth-order valence-corrected chi connectivity index (χ4v) is 6.10. The first kappa shape index (κ1) is 22.2. The van der Waals surface area contributed by atoms with Crippen molar-refractivity contribution in [2.45, 2.75) is 51.4 Å². The van der Waals surface area contributed by atoms with Gasteiger partial charge in [0.15, 0.2) is 0 Å². The number of hydrogen-bond acceptors (Lipinski definition) is 6. The zero-order valence-electron chi connectivity index (χ0n) is 16.9. The van der Waals surface area contributed by atoms with Crippen LogP contribution in [0.5, 0.6) is 0 Å². The van der Waals surface area contributed by atoms with E-state index in [-0.39, 0.29) is 36.3 Å². The average molecular weight is 444 g/mol. The van der Waals surface area contributed by atoms with Crippen LogP contribution in [0.1, 0.15) is 31.6 Å². The van der Waals surface area contributed by atoms with Gasteiger partial charge in [-0.15, -0.1) is 11.3 Å². The van der Waals surface area contributed by atoms with E-state index < -0.39 is 16.1 Å². The fourth-order valence-electron chi connectivity index (χ4n) is 3.91. The van der Waals surface area contributed by atoms with Crippen LogP contribution in [0.25, 0.3) is 0 Å². The second-order valence-electron chi connectivity index (χ2n) is 7.68. The van der Waals surface area contributed by atoms with Gasteiger partial charge in [0.05, 0.1) is 24.4 Å². The van der Waals surface area contributed by atoms with E-state index in [0.29, 0.717) is 32.5 Å². The minimum atomic E-state index is -3.47. The zero-order valence-corrected chi connectivity index (χ0v) is 18.5. The van der Waals surface area contributed by atoms with Crippen molar-refractivity contribution in [2.75, 3.05) is 31.9 Å². The smallest absolute Gasteiger partial charge is 0.242 e. The van der Waals surface area contributed by atoms with Crippen molar-refractivity contribution in [3.8, 4) is 0 Å². The summed E-state index contributed by atoms with van der Waals surface area (Å²) >= 11 is 1.52. The molecule has 1 N–H and O–H groups in total. The molecular formula is C19H29N3O5S2. The summed E-state index contributed by atoms with van der Waals surface area (Å²) in [6.45, 7) is 4.95. The second kappa shape index (κ2) is 9.55. The highest BCUT2D eigenvalue weighted by atomic mass is 32.2. The quantitative estimate of drug-likeness (QED) is 0.674. The van der Waals surface area contributed by atoms with Gasteiger partial charge in [-0.3, -0.25) is 9.59 Å². The van der Waals surface area contributed by atoms with E-state index in [4.69, 9.17) is 4.74 Å². The number of nitrogens with zero attached hydrogens (tertiary/aromatic N) is 2. The molecule has 2 aliphatic rings. The first-order valence-electron chi connectivity index (χ1n) is 9.99. The maximum Gasteiger partial charge on any atom is 0.242 e. The molecule has 2 fully saturated rings. The van der Waals surface area contributed by atoms with Crippen molar-refractivity contribution >= 4 is 33.2 Å². The molecule has 0 radical (unpaired) electrons. The van der Waals surface area contributed by atoms with Crippen LogP contribution in [0.4, 0.5) is 0 Å². The molecule has 0 saturated carbocycles. The van der Waals surface area contributed by atoms with Gasteiger partial charge < -0.3 is 15.0 Å². The Labute approximate surface area is 176 Å². The molecule has 3 atom stereocenters. The number of carbonyl (C=O) groups excluding carboxylic acids is 2. The molecule has 0 aliphatic carbocycles. The predicted octanol–water partition coefficient (Wildman–Crippen LogP) is 0.837. The molecule has 0 bridgehead atoms. The van der Waals surface area contributed by atoms with Crippen LogP contribution < -0.4 is 5.32 Å². The number of sulfonamides is 1. The summed E-state index contributed by atoms with van der Waals surface area (Å²) in [7, 11) is -3.47. The lowest BCUT2D eigenvalue weighted by molar-refractivity contribution is -0.137. The van der Waals surface area contributed by atoms with Crippen LogP contribution in [0, 0.1) is 0 Å². The Kier molecular flexibility index (Phi) is 7.31. The van der Waals surface area contributed by atoms with E-state index in [9.17, 15) is 18.0 Å². The standard InChI is InChI=1S/C19H29N3O5S2/c1-14-12-21(13-15(2)27-14)29(25,26)10-7-20-19(24)17-6-3-8-22(17)18(23)11-16-5-4-9-28-16/h4-5,9,14-15,17H,3,6-8,10-13H2,1-2H3,(H,20,24). The number of carbonyl (C=O) groups is 2. The van der Waals surface area contributed by atoms with Gasteiger partial charge in [0, 0.05) is 31.1 Å². The number of ether oxygens (including phenoxy) is 1. The third kappa shape index (κ3) is 5.78. The minimum absolute atomic E-state index is 0.0325. The number of amides is 2. The topological polar surface area (TPSA) is 96.0 Å². The maximum absolute atomic E-state index is 12.6.